The van der Waals surface area contributed by atoms with Gasteiger partial charge in [0.15, 0.2) is 0 Å². The second kappa shape index (κ2) is 14.1. The van der Waals surface area contributed by atoms with Crippen molar-refractivity contribution in [2.75, 3.05) is 30.3 Å². The summed E-state index contributed by atoms with van der Waals surface area (Å²) in [4.78, 5) is 27.3. The number of rotatable bonds is 14. The van der Waals surface area contributed by atoms with E-state index in [1.165, 1.54) is 12.8 Å². The highest BCUT2D eigenvalue weighted by Crippen LogP contribution is 2.33. The average molecular weight is 580 g/mol. The molecule has 0 unspecified atom stereocenters. The second-order valence-corrected chi connectivity index (χ2v) is 12.1. The van der Waals surface area contributed by atoms with Gasteiger partial charge in [-0.05, 0) is 36.6 Å². The molecule has 0 spiro atoms. The molecule has 7 nitrogen and oxygen atoms in total. The third-order valence-electron chi connectivity index (χ3n) is 5.58. The maximum atomic E-state index is 12.8. The van der Waals surface area contributed by atoms with Crippen LogP contribution in [0.1, 0.15) is 57.9 Å². The molecule has 0 atom stereocenters. The molecule has 0 saturated carbocycles. The number of nitrogens with one attached hydrogen (secondary N) is 1. The van der Waals surface area contributed by atoms with Gasteiger partial charge in [0.25, 0.3) is 5.91 Å². The van der Waals surface area contributed by atoms with Gasteiger partial charge < -0.3 is 4.90 Å². The minimum atomic E-state index is -5.34. The summed E-state index contributed by atoms with van der Waals surface area (Å²) in [5.41, 5.74) is 1.86. The fourth-order valence-corrected chi connectivity index (χ4v) is 5.79. The summed E-state index contributed by atoms with van der Waals surface area (Å²) < 4.78 is 61.7. The molecule has 1 heterocycles. The Bertz CT molecular complexity index is 1080. The molecule has 0 aromatic heterocycles. The molecule has 1 aromatic carbocycles. The number of anilines is 1. The third-order valence-corrected chi connectivity index (χ3v) is 8.18. The smallest absolute Gasteiger partial charge is 0.372 e. The van der Waals surface area contributed by atoms with Crippen molar-refractivity contribution in [1.82, 2.24) is 9.62 Å². The van der Waals surface area contributed by atoms with E-state index < -0.39 is 40.3 Å². The number of amides is 2. The zero-order chi connectivity index (χ0) is 27.6. The number of benzene rings is 1. The number of thioether (sulfide) groups is 1. The first-order valence-electron chi connectivity index (χ1n) is 12.1. The number of hydrogen-bond donors (Lipinski definition) is 1. The lowest BCUT2D eigenvalue weighted by atomic mass is 10.1. The minimum Gasteiger partial charge on any atom is -0.372 e. The zero-order valence-electron chi connectivity index (χ0n) is 20.8. The Morgan fingerprint density at radius 1 is 1.08 bits per heavy atom. The highest BCUT2D eigenvalue weighted by Gasteiger charge is 2.41. The first-order valence-corrected chi connectivity index (χ1v) is 15.0. The van der Waals surface area contributed by atoms with Gasteiger partial charge in [0.05, 0.1) is 10.7 Å². The van der Waals surface area contributed by atoms with Gasteiger partial charge in [-0.15, -0.1) is 0 Å². The van der Waals surface area contributed by atoms with Crippen molar-refractivity contribution in [2.24, 2.45) is 0 Å². The standard InChI is InChI=1S/C24H32F3N3O4S3/c1-3-5-7-13-29(14-8-6-4-2)19-11-9-18(10-12-19)17-20-21(31)30(23(35)36-20)15-16-37(33,34)28-22(32)24(25,26)27/h9-12,17H,3-8,13-16H2,1-2H3,(H,28,32). The van der Waals surface area contributed by atoms with Crippen molar-refractivity contribution < 1.29 is 31.2 Å². The van der Waals surface area contributed by atoms with E-state index in [1.807, 2.05) is 24.3 Å². The van der Waals surface area contributed by atoms with Crippen LogP contribution in [0.2, 0.25) is 0 Å². The maximum absolute atomic E-state index is 12.8. The fraction of sp³-hybridized carbons (Fsp3) is 0.542. The molecule has 206 valence electrons. The van der Waals surface area contributed by atoms with E-state index in [0.717, 1.165) is 71.4 Å². The van der Waals surface area contributed by atoms with E-state index in [9.17, 15) is 31.2 Å². The van der Waals surface area contributed by atoms with Gasteiger partial charge in [-0.25, -0.2) is 13.1 Å². The Morgan fingerprint density at radius 2 is 1.65 bits per heavy atom. The summed E-state index contributed by atoms with van der Waals surface area (Å²) >= 11 is 6.14. The van der Waals surface area contributed by atoms with E-state index >= 15 is 0 Å². The van der Waals surface area contributed by atoms with Crippen LogP contribution in [0.3, 0.4) is 0 Å². The third kappa shape index (κ3) is 9.93. The number of halogens is 3. The van der Waals surface area contributed by atoms with Gasteiger partial charge in [0, 0.05) is 25.3 Å². The molecule has 1 saturated heterocycles. The molecule has 1 fully saturated rings. The van der Waals surface area contributed by atoms with Crippen LogP contribution < -0.4 is 9.62 Å². The van der Waals surface area contributed by atoms with E-state index in [4.69, 9.17) is 12.2 Å². The molecule has 2 rings (SSSR count). The monoisotopic (exact) mass is 579 g/mol. The second-order valence-electron chi connectivity index (χ2n) is 8.57. The Hall–Kier alpha value is -2.12. The van der Waals surface area contributed by atoms with Crippen LogP contribution >= 0.6 is 24.0 Å². The largest absolute Gasteiger partial charge is 0.472 e. The molecule has 0 bridgehead atoms. The Morgan fingerprint density at radius 3 is 2.16 bits per heavy atom. The van der Waals surface area contributed by atoms with Gasteiger partial charge in [-0.2, -0.15) is 13.2 Å². The van der Waals surface area contributed by atoms with Crippen LogP contribution in [0.4, 0.5) is 18.9 Å². The summed E-state index contributed by atoms with van der Waals surface area (Å²) in [6.45, 7) is 5.81. The van der Waals surface area contributed by atoms with Gasteiger partial charge >= 0.3 is 12.1 Å². The van der Waals surface area contributed by atoms with Gasteiger partial charge in [-0.3, -0.25) is 14.5 Å². The summed E-state index contributed by atoms with van der Waals surface area (Å²) in [7, 11) is -4.61. The quantitative estimate of drug-likeness (QED) is 0.187. The first kappa shape index (κ1) is 31.1. The highest BCUT2D eigenvalue weighted by molar-refractivity contribution is 8.26. The van der Waals surface area contributed by atoms with Crippen LogP contribution in [0.25, 0.3) is 6.08 Å². The summed E-state index contributed by atoms with van der Waals surface area (Å²) in [5.74, 6) is -4.04. The van der Waals surface area contributed by atoms with Gasteiger partial charge in [-0.1, -0.05) is 75.6 Å². The van der Waals surface area contributed by atoms with Crippen molar-refractivity contribution in [3.05, 3.63) is 34.7 Å². The molecular weight excluding hydrogens is 547 g/mol. The zero-order valence-corrected chi connectivity index (χ0v) is 23.3. The minimum absolute atomic E-state index is 0.0863. The van der Waals surface area contributed by atoms with E-state index in [2.05, 4.69) is 18.7 Å². The molecule has 1 N–H and O–H groups in total. The number of nitrogens with zero attached hydrogens (tertiary/aromatic N) is 2. The predicted octanol–water partition coefficient (Wildman–Crippen LogP) is 5.08. The average Bonchev–Trinajstić information content (AvgIpc) is 3.08. The van der Waals surface area contributed by atoms with E-state index in [0.29, 0.717) is 0 Å². The summed E-state index contributed by atoms with van der Waals surface area (Å²) in [6, 6.07) is 7.79. The Balaban J connectivity index is 2.05. The van der Waals surface area contributed by atoms with Crippen LogP contribution in [0.15, 0.2) is 29.2 Å². The Labute approximate surface area is 225 Å². The molecule has 1 aliphatic rings. The molecule has 0 aliphatic carbocycles. The number of alkyl halides is 3. The van der Waals surface area contributed by atoms with Gasteiger partial charge in [0.1, 0.15) is 4.32 Å². The van der Waals surface area contributed by atoms with Gasteiger partial charge in [0.2, 0.25) is 10.0 Å². The number of sulfonamides is 1. The molecule has 0 radical (unpaired) electrons. The van der Waals surface area contributed by atoms with Crippen molar-refractivity contribution in [3.63, 3.8) is 0 Å². The molecule has 1 aliphatic heterocycles. The topological polar surface area (TPSA) is 86.8 Å². The molecule has 1 aromatic rings. The number of thiocarbonyl (C=S) groups is 1. The molecule has 13 heteroatoms. The lowest BCUT2D eigenvalue weighted by Gasteiger charge is -2.25. The maximum Gasteiger partial charge on any atom is 0.472 e. The van der Waals surface area contributed by atoms with Crippen molar-refractivity contribution in [1.29, 1.82) is 0 Å². The van der Waals surface area contributed by atoms with Crippen LogP contribution in [-0.2, 0) is 19.6 Å². The fourth-order valence-electron chi connectivity index (χ4n) is 3.56. The molecular formula is C24H32F3N3O4S3. The highest BCUT2D eigenvalue weighted by atomic mass is 32.2. The normalized spacial score (nSPS) is 15.5. The molecule has 2 amide bonds. The lowest BCUT2D eigenvalue weighted by Crippen LogP contribution is -2.44. The summed E-state index contributed by atoms with van der Waals surface area (Å²) in [6.07, 6.45) is 3.16. The van der Waals surface area contributed by atoms with Crippen LogP contribution in [0.5, 0.6) is 0 Å². The van der Waals surface area contributed by atoms with E-state index in [1.54, 1.807) is 6.08 Å². The van der Waals surface area contributed by atoms with Crippen molar-refractivity contribution in [3.8, 4) is 0 Å². The van der Waals surface area contributed by atoms with E-state index in [-0.39, 0.29) is 9.23 Å². The van der Waals surface area contributed by atoms with Crippen LogP contribution in [-0.4, -0.2) is 61.0 Å². The summed E-state index contributed by atoms with van der Waals surface area (Å²) in [5, 5.41) is 0. The number of carbonyl (C=O) groups excluding carboxylic acids is 2. The molecule has 37 heavy (non-hydrogen) atoms. The lowest BCUT2D eigenvalue weighted by molar-refractivity contribution is -0.171. The predicted molar refractivity (Wildman–Crippen MR) is 146 cm³/mol. The van der Waals surface area contributed by atoms with Crippen LogP contribution in [0, 0.1) is 0 Å². The van der Waals surface area contributed by atoms with Crippen molar-refractivity contribution in [2.45, 2.75) is 58.5 Å². The number of unbranched alkanes of at least 4 members (excludes halogenated alkanes) is 4. The van der Waals surface area contributed by atoms with Crippen molar-refractivity contribution >= 4 is 61.9 Å². The first-order chi connectivity index (χ1) is 17.4. The SMILES string of the molecule is CCCCCN(CCCCC)c1ccc(C=C2SC(=S)N(CCS(=O)(=O)NC(=O)C(F)(F)F)C2=O)cc1. The number of carbonyl (C=O) groups is 2. The number of hydrogen-bond acceptors (Lipinski definition) is 7. The Kier molecular flexibility index (Phi) is 11.9.